The second kappa shape index (κ2) is 6.53. The third-order valence-electron chi connectivity index (χ3n) is 3.94. The topological polar surface area (TPSA) is 55.2 Å². The fraction of sp³-hybridized carbons (Fsp3) is 0.750. The van der Waals surface area contributed by atoms with Crippen molar-refractivity contribution in [2.75, 3.05) is 0 Å². The van der Waals surface area contributed by atoms with Gasteiger partial charge in [0.1, 0.15) is 11.5 Å². The van der Waals surface area contributed by atoms with Crippen molar-refractivity contribution in [3.63, 3.8) is 0 Å². The van der Waals surface area contributed by atoms with Crippen LogP contribution in [0.1, 0.15) is 64.4 Å². The van der Waals surface area contributed by atoms with Gasteiger partial charge < -0.3 is 9.84 Å². The molecule has 1 fully saturated rings. The molecule has 1 aromatic heterocycles. The van der Waals surface area contributed by atoms with Crippen LogP contribution in [0.4, 0.5) is 0 Å². The van der Waals surface area contributed by atoms with Crippen molar-refractivity contribution in [2.45, 2.75) is 65.6 Å². The first-order chi connectivity index (χ1) is 9.49. The third kappa shape index (κ3) is 3.69. The molecular weight excluding hydrogens is 252 g/mol. The van der Waals surface area contributed by atoms with Gasteiger partial charge in [-0.15, -0.1) is 0 Å². The molecule has 0 spiro atoms. The standard InChI is InChI=1S/C16H26N2O2/c1-10(2)16-17-8-15(14(9-19)18-16)20-13-6-11(3)5-12(4)7-13/h8,10-13,19H,5-7,9H2,1-4H3. The van der Waals surface area contributed by atoms with E-state index in [1.54, 1.807) is 6.20 Å². The van der Waals surface area contributed by atoms with Crippen LogP contribution in [0.25, 0.3) is 0 Å². The van der Waals surface area contributed by atoms with E-state index in [2.05, 4.69) is 23.8 Å². The molecule has 1 saturated carbocycles. The molecule has 112 valence electrons. The lowest BCUT2D eigenvalue weighted by atomic mass is 9.82. The minimum absolute atomic E-state index is 0.102. The third-order valence-corrected chi connectivity index (χ3v) is 3.94. The Morgan fingerprint density at radius 1 is 1.25 bits per heavy atom. The summed E-state index contributed by atoms with van der Waals surface area (Å²) in [6.45, 7) is 8.53. The van der Waals surface area contributed by atoms with Gasteiger partial charge in [0.05, 0.1) is 18.9 Å². The lowest BCUT2D eigenvalue weighted by Gasteiger charge is -2.32. The van der Waals surface area contributed by atoms with Gasteiger partial charge in [0.15, 0.2) is 5.75 Å². The second-order valence-electron chi connectivity index (χ2n) is 6.51. The Balaban J connectivity index is 2.12. The molecule has 4 nitrogen and oxygen atoms in total. The zero-order valence-corrected chi connectivity index (χ0v) is 13.0. The van der Waals surface area contributed by atoms with E-state index < -0.39 is 0 Å². The number of rotatable bonds is 4. The first-order valence-electron chi connectivity index (χ1n) is 7.62. The minimum atomic E-state index is -0.102. The molecule has 1 heterocycles. The van der Waals surface area contributed by atoms with Crippen molar-refractivity contribution in [1.29, 1.82) is 0 Å². The molecule has 0 radical (unpaired) electrons. The van der Waals surface area contributed by atoms with Crippen LogP contribution in [-0.4, -0.2) is 21.2 Å². The fourth-order valence-corrected chi connectivity index (χ4v) is 3.06. The Bertz CT molecular complexity index is 438. The number of hydrogen-bond donors (Lipinski definition) is 1. The number of aromatic nitrogens is 2. The Morgan fingerprint density at radius 3 is 2.45 bits per heavy atom. The maximum Gasteiger partial charge on any atom is 0.161 e. The van der Waals surface area contributed by atoms with Crippen LogP contribution in [0.3, 0.4) is 0 Å². The van der Waals surface area contributed by atoms with Crippen LogP contribution in [0.5, 0.6) is 5.75 Å². The lowest BCUT2D eigenvalue weighted by Crippen LogP contribution is -2.29. The van der Waals surface area contributed by atoms with E-state index in [0.29, 0.717) is 23.3 Å². The van der Waals surface area contributed by atoms with Gasteiger partial charge in [0, 0.05) is 5.92 Å². The zero-order chi connectivity index (χ0) is 14.7. The predicted octanol–water partition coefficient (Wildman–Crippen LogP) is 3.30. The van der Waals surface area contributed by atoms with Gasteiger partial charge in [-0.3, -0.25) is 0 Å². The van der Waals surface area contributed by atoms with E-state index in [-0.39, 0.29) is 18.6 Å². The van der Waals surface area contributed by atoms with Crippen molar-refractivity contribution >= 4 is 0 Å². The van der Waals surface area contributed by atoms with Gasteiger partial charge in [0.25, 0.3) is 0 Å². The molecule has 0 saturated heterocycles. The molecule has 2 unspecified atom stereocenters. The van der Waals surface area contributed by atoms with Crippen LogP contribution < -0.4 is 4.74 Å². The number of ether oxygens (including phenoxy) is 1. The van der Waals surface area contributed by atoms with Gasteiger partial charge in [-0.05, 0) is 31.1 Å². The Morgan fingerprint density at radius 2 is 1.90 bits per heavy atom. The summed E-state index contributed by atoms with van der Waals surface area (Å²) in [5.74, 6) is 3.04. The molecule has 2 atom stereocenters. The molecule has 0 bridgehead atoms. The Hall–Kier alpha value is -1.16. The SMILES string of the molecule is CC1CC(C)CC(Oc2cnc(C(C)C)nc2CO)C1. The fourth-order valence-electron chi connectivity index (χ4n) is 3.06. The summed E-state index contributed by atoms with van der Waals surface area (Å²) in [4.78, 5) is 8.75. The van der Waals surface area contributed by atoms with Crippen LogP contribution >= 0.6 is 0 Å². The maximum absolute atomic E-state index is 9.49. The van der Waals surface area contributed by atoms with Gasteiger partial charge in [-0.25, -0.2) is 9.97 Å². The summed E-state index contributed by atoms with van der Waals surface area (Å²) >= 11 is 0. The smallest absolute Gasteiger partial charge is 0.161 e. The molecule has 0 aliphatic heterocycles. The van der Waals surface area contributed by atoms with E-state index in [0.717, 1.165) is 18.7 Å². The lowest BCUT2D eigenvalue weighted by molar-refractivity contribution is 0.0971. The number of aliphatic hydroxyl groups excluding tert-OH is 1. The predicted molar refractivity (Wildman–Crippen MR) is 78.6 cm³/mol. The highest BCUT2D eigenvalue weighted by Gasteiger charge is 2.26. The largest absolute Gasteiger partial charge is 0.487 e. The number of hydrogen-bond acceptors (Lipinski definition) is 4. The molecule has 1 aromatic rings. The monoisotopic (exact) mass is 278 g/mol. The average molecular weight is 278 g/mol. The van der Waals surface area contributed by atoms with Gasteiger partial charge in [-0.1, -0.05) is 27.7 Å². The minimum Gasteiger partial charge on any atom is -0.487 e. The summed E-state index contributed by atoms with van der Waals surface area (Å²) in [5, 5.41) is 9.49. The molecule has 1 N–H and O–H groups in total. The molecule has 0 aromatic carbocycles. The van der Waals surface area contributed by atoms with Crippen molar-refractivity contribution in [3.8, 4) is 5.75 Å². The van der Waals surface area contributed by atoms with Gasteiger partial charge >= 0.3 is 0 Å². The van der Waals surface area contributed by atoms with Crippen molar-refractivity contribution in [1.82, 2.24) is 9.97 Å². The second-order valence-corrected chi connectivity index (χ2v) is 6.51. The highest BCUT2D eigenvalue weighted by molar-refractivity contribution is 5.25. The summed E-state index contributed by atoms with van der Waals surface area (Å²) in [7, 11) is 0. The van der Waals surface area contributed by atoms with Crippen LogP contribution in [0, 0.1) is 11.8 Å². The molecule has 1 aliphatic rings. The zero-order valence-electron chi connectivity index (χ0n) is 13.0. The van der Waals surface area contributed by atoms with Crippen LogP contribution in [0.15, 0.2) is 6.20 Å². The quantitative estimate of drug-likeness (QED) is 0.918. The van der Waals surface area contributed by atoms with Crippen molar-refractivity contribution in [3.05, 3.63) is 17.7 Å². The number of aliphatic hydroxyl groups is 1. The summed E-state index contributed by atoms with van der Waals surface area (Å²) < 4.78 is 6.07. The van der Waals surface area contributed by atoms with Crippen molar-refractivity contribution in [2.24, 2.45) is 11.8 Å². The Labute approximate surface area is 121 Å². The molecule has 1 aliphatic carbocycles. The van der Waals surface area contributed by atoms with Gasteiger partial charge in [-0.2, -0.15) is 0 Å². The molecule has 4 heteroatoms. The molecule has 0 amide bonds. The molecular formula is C16H26N2O2. The summed E-state index contributed by atoms with van der Waals surface area (Å²) in [5.41, 5.74) is 0.606. The number of nitrogens with zero attached hydrogens (tertiary/aromatic N) is 2. The van der Waals surface area contributed by atoms with Gasteiger partial charge in [0.2, 0.25) is 0 Å². The van der Waals surface area contributed by atoms with E-state index in [4.69, 9.17) is 4.74 Å². The van der Waals surface area contributed by atoms with Crippen LogP contribution in [-0.2, 0) is 6.61 Å². The van der Waals surface area contributed by atoms with E-state index in [9.17, 15) is 5.11 Å². The average Bonchev–Trinajstić information content (AvgIpc) is 2.37. The van der Waals surface area contributed by atoms with Crippen LogP contribution in [0.2, 0.25) is 0 Å². The highest BCUT2D eigenvalue weighted by atomic mass is 16.5. The Kier molecular flexibility index (Phi) is 4.97. The van der Waals surface area contributed by atoms with Crippen molar-refractivity contribution < 1.29 is 9.84 Å². The first kappa shape index (κ1) is 15.2. The first-order valence-corrected chi connectivity index (χ1v) is 7.62. The van der Waals surface area contributed by atoms with E-state index in [1.807, 2.05) is 13.8 Å². The summed E-state index contributed by atoms with van der Waals surface area (Å²) in [6.07, 6.45) is 5.35. The highest BCUT2D eigenvalue weighted by Crippen LogP contribution is 2.32. The summed E-state index contributed by atoms with van der Waals surface area (Å²) in [6, 6.07) is 0. The van der Waals surface area contributed by atoms with E-state index in [1.165, 1.54) is 6.42 Å². The normalized spacial score (nSPS) is 26.8. The molecule has 2 rings (SSSR count). The maximum atomic E-state index is 9.49. The molecule has 20 heavy (non-hydrogen) atoms. The van der Waals surface area contributed by atoms with E-state index >= 15 is 0 Å².